The summed E-state index contributed by atoms with van der Waals surface area (Å²) in [5.74, 6) is -0.00569. The molecule has 0 bridgehead atoms. The average Bonchev–Trinajstić information content (AvgIpc) is 2.51. The fourth-order valence-corrected chi connectivity index (χ4v) is 2.99. The summed E-state index contributed by atoms with van der Waals surface area (Å²) in [6.07, 6.45) is 0. The number of carbonyl (C=O) groups is 2. The lowest BCUT2D eigenvalue weighted by Crippen LogP contribution is -2.58. The van der Waals surface area contributed by atoms with Gasteiger partial charge in [-0.25, -0.2) is 0 Å². The van der Waals surface area contributed by atoms with Crippen LogP contribution in [0.25, 0.3) is 0 Å². The van der Waals surface area contributed by atoms with Crippen molar-refractivity contribution in [3.63, 3.8) is 0 Å². The number of piperazine rings is 1. The molecule has 1 atom stereocenters. The maximum atomic E-state index is 12.0. The predicted octanol–water partition coefficient (Wildman–Crippen LogP) is 0.768. The van der Waals surface area contributed by atoms with Gasteiger partial charge in [-0.3, -0.25) is 9.59 Å². The van der Waals surface area contributed by atoms with E-state index in [2.05, 4.69) is 33.0 Å². The molecule has 0 aromatic carbocycles. The van der Waals surface area contributed by atoms with E-state index in [9.17, 15) is 9.59 Å². The number of nitrogens with one attached hydrogen (secondary N) is 1. The molecule has 1 aliphatic carbocycles. The molecule has 4 heteroatoms. The largest absolute Gasteiger partial charge is 0.343 e. The number of rotatable bonds is 1. The van der Waals surface area contributed by atoms with Crippen LogP contribution in [-0.4, -0.2) is 35.3 Å². The number of hydrogen-bond donors (Lipinski definition) is 1. The van der Waals surface area contributed by atoms with Crippen molar-refractivity contribution in [3.8, 4) is 0 Å². The summed E-state index contributed by atoms with van der Waals surface area (Å²) in [5.41, 5.74) is 0.194. The first-order valence-corrected chi connectivity index (χ1v) is 5.79. The first kappa shape index (κ1) is 11.4. The van der Waals surface area contributed by atoms with Crippen molar-refractivity contribution >= 4 is 11.8 Å². The highest BCUT2D eigenvalue weighted by molar-refractivity contribution is 5.95. The molecule has 4 nitrogen and oxygen atoms in total. The highest BCUT2D eigenvalue weighted by atomic mass is 16.2. The van der Waals surface area contributed by atoms with Crippen LogP contribution in [-0.2, 0) is 9.59 Å². The molecule has 2 rings (SSSR count). The highest BCUT2D eigenvalue weighted by Crippen LogP contribution is 2.65. The van der Waals surface area contributed by atoms with Gasteiger partial charge in [-0.05, 0) is 17.8 Å². The first-order valence-electron chi connectivity index (χ1n) is 5.79. The van der Waals surface area contributed by atoms with Crippen LogP contribution in [0.4, 0.5) is 0 Å². The molecule has 0 spiro atoms. The van der Waals surface area contributed by atoms with E-state index in [4.69, 9.17) is 0 Å². The van der Waals surface area contributed by atoms with Gasteiger partial charge in [-0.2, -0.15) is 0 Å². The molecule has 90 valence electrons. The van der Waals surface area contributed by atoms with E-state index in [-0.39, 0.29) is 41.3 Å². The van der Waals surface area contributed by atoms with E-state index < -0.39 is 0 Å². The topological polar surface area (TPSA) is 49.4 Å². The Balaban J connectivity index is 2.23. The summed E-state index contributed by atoms with van der Waals surface area (Å²) in [6.45, 7) is 10.6. The van der Waals surface area contributed by atoms with Crippen molar-refractivity contribution < 1.29 is 9.59 Å². The van der Waals surface area contributed by atoms with Gasteiger partial charge in [0.2, 0.25) is 11.8 Å². The van der Waals surface area contributed by atoms with Crippen LogP contribution < -0.4 is 5.32 Å². The van der Waals surface area contributed by atoms with E-state index in [1.54, 1.807) is 11.8 Å². The number of hydrogen-bond acceptors (Lipinski definition) is 2. The van der Waals surface area contributed by atoms with Gasteiger partial charge in [-0.15, -0.1) is 0 Å². The zero-order chi connectivity index (χ0) is 12.3. The first-order chi connectivity index (χ1) is 7.19. The van der Waals surface area contributed by atoms with Crippen LogP contribution in [0.2, 0.25) is 0 Å². The SMILES string of the molecule is CC1NC(=O)CN(C2C(C)(C)C2(C)C)C1=O. The molecule has 1 unspecified atom stereocenters. The smallest absolute Gasteiger partial charge is 0.245 e. The Morgan fingerprint density at radius 3 is 2.12 bits per heavy atom. The Kier molecular flexibility index (Phi) is 2.14. The van der Waals surface area contributed by atoms with Gasteiger partial charge in [0.05, 0.1) is 6.54 Å². The minimum absolute atomic E-state index is 0.0447. The lowest BCUT2D eigenvalue weighted by Gasteiger charge is -2.32. The van der Waals surface area contributed by atoms with Crippen molar-refractivity contribution in [1.29, 1.82) is 0 Å². The Morgan fingerprint density at radius 2 is 1.69 bits per heavy atom. The quantitative estimate of drug-likeness (QED) is 0.715. The monoisotopic (exact) mass is 224 g/mol. The van der Waals surface area contributed by atoms with E-state index in [0.717, 1.165) is 0 Å². The number of carbonyl (C=O) groups excluding carboxylic acids is 2. The van der Waals surface area contributed by atoms with Crippen LogP contribution >= 0.6 is 0 Å². The molecule has 16 heavy (non-hydrogen) atoms. The van der Waals surface area contributed by atoms with E-state index in [1.165, 1.54) is 0 Å². The molecule has 0 aromatic heterocycles. The zero-order valence-corrected chi connectivity index (χ0v) is 10.6. The van der Waals surface area contributed by atoms with Crippen molar-refractivity contribution in [2.45, 2.75) is 46.7 Å². The van der Waals surface area contributed by atoms with Gasteiger partial charge in [-0.1, -0.05) is 27.7 Å². The molecule has 2 aliphatic rings. The van der Waals surface area contributed by atoms with Crippen molar-refractivity contribution in [1.82, 2.24) is 10.2 Å². The molecule has 1 heterocycles. The Morgan fingerprint density at radius 1 is 1.19 bits per heavy atom. The van der Waals surface area contributed by atoms with Gasteiger partial charge >= 0.3 is 0 Å². The summed E-state index contributed by atoms with van der Waals surface area (Å²) < 4.78 is 0. The molecule has 1 saturated heterocycles. The fraction of sp³-hybridized carbons (Fsp3) is 0.833. The highest BCUT2D eigenvalue weighted by Gasteiger charge is 2.68. The van der Waals surface area contributed by atoms with Gasteiger partial charge in [0, 0.05) is 6.04 Å². The normalized spacial score (nSPS) is 32.6. The second-order valence-corrected chi connectivity index (χ2v) is 6.10. The van der Waals surface area contributed by atoms with E-state index >= 15 is 0 Å². The third-order valence-electron chi connectivity index (χ3n) is 4.60. The summed E-state index contributed by atoms with van der Waals surface area (Å²) in [4.78, 5) is 25.3. The van der Waals surface area contributed by atoms with Gasteiger partial charge < -0.3 is 10.2 Å². The summed E-state index contributed by atoms with van der Waals surface area (Å²) in [5, 5.41) is 2.67. The second kappa shape index (κ2) is 2.99. The van der Waals surface area contributed by atoms with Crippen molar-refractivity contribution in [3.05, 3.63) is 0 Å². The summed E-state index contributed by atoms with van der Waals surface area (Å²) in [6, 6.07) is -0.200. The zero-order valence-electron chi connectivity index (χ0n) is 10.6. The van der Waals surface area contributed by atoms with E-state index in [1.807, 2.05) is 0 Å². The molecule has 1 N–H and O–H groups in total. The van der Waals surface area contributed by atoms with E-state index in [0.29, 0.717) is 0 Å². The van der Waals surface area contributed by atoms with Gasteiger partial charge in [0.1, 0.15) is 6.04 Å². The Bertz CT molecular complexity index is 346. The fourth-order valence-electron chi connectivity index (χ4n) is 2.99. The third-order valence-corrected chi connectivity index (χ3v) is 4.60. The molecule has 2 amide bonds. The summed E-state index contributed by atoms with van der Waals surface area (Å²) in [7, 11) is 0. The molecular weight excluding hydrogens is 204 g/mol. The lowest BCUT2D eigenvalue weighted by atomic mass is 10.0. The van der Waals surface area contributed by atoms with Crippen LogP contribution in [0.5, 0.6) is 0 Å². The maximum Gasteiger partial charge on any atom is 0.245 e. The molecular formula is C12H20N2O2. The van der Waals surface area contributed by atoms with Gasteiger partial charge in [0.15, 0.2) is 0 Å². The molecule has 1 aliphatic heterocycles. The van der Waals surface area contributed by atoms with Crippen molar-refractivity contribution in [2.75, 3.05) is 6.54 Å². The predicted molar refractivity (Wildman–Crippen MR) is 60.7 cm³/mol. The van der Waals surface area contributed by atoms with Crippen LogP contribution in [0.1, 0.15) is 34.6 Å². The second-order valence-electron chi connectivity index (χ2n) is 6.10. The standard InChI is InChI=1S/C12H20N2O2/c1-7-9(16)14(6-8(15)13-7)10-11(2,3)12(10,4)5/h7,10H,6H2,1-5H3,(H,13,15). The summed E-state index contributed by atoms with van der Waals surface area (Å²) >= 11 is 0. The minimum Gasteiger partial charge on any atom is -0.343 e. The maximum absolute atomic E-state index is 12.0. The number of nitrogens with zero attached hydrogens (tertiary/aromatic N) is 1. The third kappa shape index (κ3) is 1.28. The molecule has 1 saturated carbocycles. The van der Waals surface area contributed by atoms with Crippen LogP contribution in [0.3, 0.4) is 0 Å². The molecule has 0 aromatic rings. The van der Waals surface area contributed by atoms with Crippen LogP contribution in [0, 0.1) is 10.8 Å². The van der Waals surface area contributed by atoms with Crippen molar-refractivity contribution in [2.24, 2.45) is 10.8 Å². The molecule has 0 radical (unpaired) electrons. The van der Waals surface area contributed by atoms with Gasteiger partial charge in [0.25, 0.3) is 0 Å². The Hall–Kier alpha value is -1.06. The average molecular weight is 224 g/mol. The molecule has 2 fully saturated rings. The minimum atomic E-state index is -0.381. The lowest BCUT2D eigenvalue weighted by molar-refractivity contribution is -0.145. The van der Waals surface area contributed by atoms with Crippen LogP contribution in [0.15, 0.2) is 0 Å². The number of amides is 2. The Labute approximate surface area is 96.4 Å².